The van der Waals surface area contributed by atoms with Crippen molar-refractivity contribution in [2.45, 2.75) is 17.4 Å². The first-order chi connectivity index (χ1) is 10.1. The zero-order valence-corrected chi connectivity index (χ0v) is 13.1. The van der Waals surface area contributed by atoms with Crippen LogP contribution in [0.2, 0.25) is 5.02 Å². The Bertz CT molecular complexity index is 589. The van der Waals surface area contributed by atoms with Gasteiger partial charge in [0.1, 0.15) is 11.6 Å². The molecule has 0 aliphatic carbocycles. The molecule has 1 N–H and O–H groups in total. The molecular formula is C16H16ClF2NS. The van der Waals surface area contributed by atoms with Crippen LogP contribution in [0, 0.1) is 11.6 Å². The average Bonchev–Trinajstić information content (AvgIpc) is 2.49. The van der Waals surface area contributed by atoms with Crippen LogP contribution in [-0.4, -0.2) is 18.8 Å². The summed E-state index contributed by atoms with van der Waals surface area (Å²) in [6.45, 7) is 0. The second kappa shape index (κ2) is 7.78. The highest BCUT2D eigenvalue weighted by atomic mass is 35.5. The Kier molecular flexibility index (Phi) is 6.03. The minimum absolute atomic E-state index is 0.147. The third-order valence-corrected chi connectivity index (χ3v) is 4.60. The summed E-state index contributed by atoms with van der Waals surface area (Å²) in [5.41, 5.74) is 0.987. The van der Waals surface area contributed by atoms with E-state index in [1.807, 2.05) is 7.05 Å². The largest absolute Gasteiger partial charge is 0.316 e. The second-order valence-corrected chi connectivity index (χ2v) is 6.20. The van der Waals surface area contributed by atoms with Gasteiger partial charge in [0.2, 0.25) is 0 Å². The lowest BCUT2D eigenvalue weighted by Crippen LogP contribution is -2.30. The van der Waals surface area contributed by atoms with Gasteiger partial charge in [0.25, 0.3) is 0 Å². The van der Waals surface area contributed by atoms with Crippen molar-refractivity contribution >= 4 is 23.4 Å². The summed E-state index contributed by atoms with van der Waals surface area (Å²) in [4.78, 5) is 1.02. The van der Waals surface area contributed by atoms with Gasteiger partial charge in [0.15, 0.2) is 0 Å². The number of benzene rings is 2. The Labute approximate surface area is 132 Å². The van der Waals surface area contributed by atoms with Crippen molar-refractivity contribution in [1.82, 2.24) is 5.32 Å². The Morgan fingerprint density at radius 2 is 1.86 bits per heavy atom. The highest BCUT2D eigenvalue weighted by Gasteiger charge is 2.10. The van der Waals surface area contributed by atoms with E-state index in [1.165, 1.54) is 18.2 Å². The zero-order chi connectivity index (χ0) is 15.2. The molecule has 0 saturated heterocycles. The normalized spacial score (nSPS) is 12.4. The summed E-state index contributed by atoms with van der Waals surface area (Å²) < 4.78 is 26.0. The highest BCUT2D eigenvalue weighted by molar-refractivity contribution is 7.99. The lowest BCUT2D eigenvalue weighted by Gasteiger charge is -2.16. The summed E-state index contributed by atoms with van der Waals surface area (Å²) in [6, 6.07) is 11.5. The van der Waals surface area contributed by atoms with Crippen LogP contribution in [0.3, 0.4) is 0 Å². The number of nitrogens with one attached hydrogen (secondary N) is 1. The topological polar surface area (TPSA) is 12.0 Å². The van der Waals surface area contributed by atoms with Crippen molar-refractivity contribution < 1.29 is 8.78 Å². The molecule has 112 valence electrons. The van der Waals surface area contributed by atoms with E-state index in [9.17, 15) is 8.78 Å². The molecule has 0 aliphatic heterocycles. The maximum Gasteiger partial charge on any atom is 0.141 e. The van der Waals surface area contributed by atoms with Crippen molar-refractivity contribution in [3.63, 3.8) is 0 Å². The molecule has 2 aromatic rings. The van der Waals surface area contributed by atoms with E-state index in [0.717, 1.165) is 22.6 Å². The molecular weight excluding hydrogens is 312 g/mol. The third kappa shape index (κ3) is 4.99. The molecule has 1 nitrogen and oxygen atoms in total. The van der Waals surface area contributed by atoms with Crippen LogP contribution in [0.4, 0.5) is 8.78 Å². The monoisotopic (exact) mass is 327 g/mol. The van der Waals surface area contributed by atoms with Gasteiger partial charge in [-0.25, -0.2) is 8.78 Å². The van der Waals surface area contributed by atoms with E-state index in [0.29, 0.717) is 0 Å². The molecule has 1 unspecified atom stereocenters. The molecule has 0 spiro atoms. The van der Waals surface area contributed by atoms with Gasteiger partial charge < -0.3 is 5.32 Å². The predicted octanol–water partition coefficient (Wildman–Crippen LogP) is 4.54. The molecule has 21 heavy (non-hydrogen) atoms. The zero-order valence-electron chi connectivity index (χ0n) is 11.6. The van der Waals surface area contributed by atoms with Crippen LogP contribution in [0.15, 0.2) is 47.4 Å². The summed E-state index contributed by atoms with van der Waals surface area (Å²) >= 11 is 7.44. The van der Waals surface area contributed by atoms with Crippen molar-refractivity contribution in [2.75, 3.05) is 12.8 Å². The van der Waals surface area contributed by atoms with Gasteiger partial charge in [0.05, 0.1) is 5.02 Å². The number of halogens is 3. The minimum atomic E-state index is -0.401. The maximum absolute atomic E-state index is 13.1. The molecule has 0 heterocycles. The van der Waals surface area contributed by atoms with E-state index in [1.54, 1.807) is 36.0 Å². The number of hydrogen-bond donors (Lipinski definition) is 1. The van der Waals surface area contributed by atoms with Crippen molar-refractivity contribution in [2.24, 2.45) is 0 Å². The van der Waals surface area contributed by atoms with E-state index < -0.39 is 5.82 Å². The molecule has 0 aliphatic rings. The molecule has 0 saturated carbocycles. The van der Waals surface area contributed by atoms with E-state index in [-0.39, 0.29) is 16.9 Å². The standard InChI is InChI=1S/C16H16ClF2NS/c1-20-13(8-11-2-7-16(19)15(17)9-11)10-21-14-5-3-12(18)4-6-14/h2-7,9,13,20H,8,10H2,1H3. The molecule has 5 heteroatoms. The fraction of sp³-hybridized carbons (Fsp3) is 0.250. The molecule has 2 aromatic carbocycles. The molecule has 0 fully saturated rings. The first-order valence-corrected chi connectivity index (χ1v) is 7.94. The number of likely N-dealkylation sites (N-methyl/N-ethyl adjacent to an activating group) is 1. The molecule has 0 bridgehead atoms. The maximum atomic E-state index is 13.1. The third-order valence-electron chi connectivity index (χ3n) is 3.14. The molecule has 2 rings (SSSR count). The lowest BCUT2D eigenvalue weighted by atomic mass is 10.1. The Morgan fingerprint density at radius 1 is 1.14 bits per heavy atom. The smallest absolute Gasteiger partial charge is 0.141 e. The summed E-state index contributed by atoms with van der Waals surface area (Å²) in [5, 5.41) is 3.38. The summed E-state index contributed by atoms with van der Waals surface area (Å²) in [5.74, 6) is 0.199. The van der Waals surface area contributed by atoms with Gasteiger partial charge in [-0.15, -0.1) is 11.8 Å². The van der Waals surface area contributed by atoms with Crippen molar-refractivity contribution in [1.29, 1.82) is 0 Å². The average molecular weight is 328 g/mol. The Balaban J connectivity index is 1.93. The fourth-order valence-electron chi connectivity index (χ4n) is 1.92. The predicted molar refractivity (Wildman–Crippen MR) is 85.1 cm³/mol. The van der Waals surface area contributed by atoms with Crippen molar-refractivity contribution in [3.05, 3.63) is 64.7 Å². The number of rotatable bonds is 6. The first-order valence-electron chi connectivity index (χ1n) is 6.58. The van der Waals surface area contributed by atoms with Gasteiger partial charge in [-0.3, -0.25) is 0 Å². The molecule has 0 aromatic heterocycles. The summed E-state index contributed by atoms with van der Waals surface area (Å²) in [6.07, 6.45) is 0.755. The fourth-order valence-corrected chi connectivity index (χ4v) is 3.13. The highest BCUT2D eigenvalue weighted by Crippen LogP contribution is 2.21. The van der Waals surface area contributed by atoms with Crippen LogP contribution in [0.5, 0.6) is 0 Å². The SMILES string of the molecule is CNC(CSc1ccc(F)cc1)Cc1ccc(F)c(Cl)c1. The van der Waals surface area contributed by atoms with Crippen LogP contribution in [0.1, 0.15) is 5.56 Å². The van der Waals surface area contributed by atoms with E-state index >= 15 is 0 Å². The van der Waals surface area contributed by atoms with Gasteiger partial charge in [-0.2, -0.15) is 0 Å². The van der Waals surface area contributed by atoms with Crippen LogP contribution in [0.25, 0.3) is 0 Å². The van der Waals surface area contributed by atoms with Crippen LogP contribution in [-0.2, 0) is 6.42 Å². The van der Waals surface area contributed by atoms with Gasteiger partial charge in [-0.1, -0.05) is 17.7 Å². The quantitative estimate of drug-likeness (QED) is 0.782. The Morgan fingerprint density at radius 3 is 2.48 bits per heavy atom. The Hall–Kier alpha value is -1.10. The first kappa shape index (κ1) is 16.3. The number of thioether (sulfide) groups is 1. The van der Waals surface area contributed by atoms with E-state index in [2.05, 4.69) is 5.32 Å². The molecule has 0 radical (unpaired) electrons. The lowest BCUT2D eigenvalue weighted by molar-refractivity contribution is 0.609. The van der Waals surface area contributed by atoms with Gasteiger partial charge >= 0.3 is 0 Å². The van der Waals surface area contributed by atoms with Crippen molar-refractivity contribution in [3.8, 4) is 0 Å². The number of hydrogen-bond acceptors (Lipinski definition) is 2. The van der Waals surface area contributed by atoms with Crippen LogP contribution >= 0.6 is 23.4 Å². The van der Waals surface area contributed by atoms with E-state index in [4.69, 9.17) is 11.6 Å². The van der Waals surface area contributed by atoms with Gasteiger partial charge in [0, 0.05) is 16.7 Å². The second-order valence-electron chi connectivity index (χ2n) is 4.70. The molecule has 0 amide bonds. The van der Waals surface area contributed by atoms with Crippen LogP contribution < -0.4 is 5.32 Å². The summed E-state index contributed by atoms with van der Waals surface area (Å²) in [7, 11) is 1.89. The minimum Gasteiger partial charge on any atom is -0.316 e. The molecule has 1 atom stereocenters. The van der Waals surface area contributed by atoms with Gasteiger partial charge in [-0.05, 0) is 55.4 Å².